The Kier molecular flexibility index (Phi) is 11.1. The van der Waals surface area contributed by atoms with Gasteiger partial charge in [0, 0.05) is 23.7 Å². The third kappa shape index (κ3) is 9.13. The molecule has 2 heterocycles. The van der Waals surface area contributed by atoms with E-state index in [1.54, 1.807) is 11.3 Å². The minimum absolute atomic E-state index is 0.724. The molecule has 0 unspecified atom stereocenters. The van der Waals surface area contributed by atoms with Gasteiger partial charge in [-0.25, -0.2) is 15.0 Å². The van der Waals surface area contributed by atoms with Crippen LogP contribution >= 0.6 is 11.3 Å². The van der Waals surface area contributed by atoms with E-state index in [1.807, 2.05) is 25.3 Å². The van der Waals surface area contributed by atoms with Crippen LogP contribution in [0, 0.1) is 13.8 Å². The van der Waals surface area contributed by atoms with Crippen molar-refractivity contribution in [2.75, 3.05) is 11.9 Å². The molecule has 0 bridgehead atoms. The molecular weight excluding hydrogens is 364 g/mol. The van der Waals surface area contributed by atoms with Gasteiger partial charge in [-0.3, -0.25) is 0 Å². The molecule has 2 rings (SSSR count). The van der Waals surface area contributed by atoms with Gasteiger partial charge >= 0.3 is 0 Å². The van der Waals surface area contributed by atoms with Gasteiger partial charge in [0.05, 0.1) is 5.01 Å². The smallest absolute Gasteiger partial charge is 0.181 e. The average molecular weight is 403 g/mol. The highest BCUT2D eigenvalue weighted by Crippen LogP contribution is 2.20. The number of aryl methyl sites for hydroxylation is 2. The summed E-state index contributed by atoms with van der Waals surface area (Å²) in [6, 6.07) is 2.02. The van der Waals surface area contributed by atoms with Gasteiger partial charge in [0.1, 0.15) is 11.5 Å². The molecule has 156 valence electrons. The van der Waals surface area contributed by atoms with Crippen LogP contribution in [0.1, 0.15) is 94.7 Å². The van der Waals surface area contributed by atoms with Crippen LogP contribution in [0.25, 0.3) is 11.5 Å². The molecule has 2 aromatic heterocycles. The van der Waals surface area contributed by atoms with Crippen LogP contribution in [-0.4, -0.2) is 21.5 Å². The second-order valence-electron chi connectivity index (χ2n) is 7.79. The number of thiazole rings is 1. The third-order valence-electron chi connectivity index (χ3n) is 5.04. The number of nitrogens with one attached hydrogen (secondary N) is 1. The van der Waals surface area contributed by atoms with E-state index in [0.717, 1.165) is 34.6 Å². The van der Waals surface area contributed by atoms with Gasteiger partial charge in [0.25, 0.3) is 0 Å². The molecule has 0 aliphatic carbocycles. The van der Waals surface area contributed by atoms with E-state index in [1.165, 1.54) is 77.0 Å². The van der Waals surface area contributed by atoms with Crippen LogP contribution in [0.15, 0.2) is 11.4 Å². The van der Waals surface area contributed by atoms with Gasteiger partial charge in [-0.15, -0.1) is 11.3 Å². The number of hydrogen-bond acceptors (Lipinski definition) is 5. The number of unbranched alkanes of at least 4 members (excludes halogenated alkanes) is 11. The molecule has 0 aliphatic heterocycles. The number of anilines is 1. The standard InChI is InChI=1S/C23H38N4S/c1-4-5-6-7-8-9-10-11-12-13-14-15-16-24-22-17-19(2)25-23(27-22)21-18-28-20(3)26-21/h17-18H,4-16H2,1-3H3,(H,24,25,27). The first kappa shape index (κ1) is 22.8. The van der Waals surface area contributed by atoms with Crippen LogP contribution in [0.2, 0.25) is 0 Å². The van der Waals surface area contributed by atoms with Crippen molar-refractivity contribution in [3.05, 3.63) is 22.1 Å². The first-order chi connectivity index (χ1) is 13.7. The Bertz CT molecular complexity index is 668. The Balaban J connectivity index is 1.53. The molecule has 0 amide bonds. The van der Waals surface area contributed by atoms with Crippen molar-refractivity contribution in [1.29, 1.82) is 0 Å². The van der Waals surface area contributed by atoms with Gasteiger partial charge < -0.3 is 5.32 Å². The van der Waals surface area contributed by atoms with Crippen molar-refractivity contribution in [2.24, 2.45) is 0 Å². The lowest BCUT2D eigenvalue weighted by Gasteiger charge is -2.08. The second-order valence-corrected chi connectivity index (χ2v) is 8.85. The Labute approximate surface area is 175 Å². The molecule has 0 saturated carbocycles. The average Bonchev–Trinajstić information content (AvgIpc) is 3.11. The van der Waals surface area contributed by atoms with Crippen LogP contribution in [-0.2, 0) is 0 Å². The lowest BCUT2D eigenvalue weighted by atomic mass is 10.1. The van der Waals surface area contributed by atoms with E-state index < -0.39 is 0 Å². The van der Waals surface area contributed by atoms with Gasteiger partial charge in [0.2, 0.25) is 0 Å². The Hall–Kier alpha value is -1.49. The normalized spacial score (nSPS) is 11.1. The Morgan fingerprint density at radius 3 is 1.96 bits per heavy atom. The van der Waals surface area contributed by atoms with E-state index in [-0.39, 0.29) is 0 Å². The molecule has 5 heteroatoms. The summed E-state index contributed by atoms with van der Waals surface area (Å²) < 4.78 is 0. The fourth-order valence-electron chi connectivity index (χ4n) is 3.42. The SMILES string of the molecule is CCCCCCCCCCCCCCNc1cc(C)nc(-c2csc(C)n2)n1. The Morgan fingerprint density at radius 1 is 0.786 bits per heavy atom. The zero-order valence-electron chi connectivity index (χ0n) is 18.1. The van der Waals surface area contributed by atoms with E-state index in [0.29, 0.717) is 0 Å². The van der Waals surface area contributed by atoms with Crippen molar-refractivity contribution in [3.8, 4) is 11.5 Å². The van der Waals surface area contributed by atoms with Gasteiger partial charge in [-0.2, -0.15) is 0 Å². The van der Waals surface area contributed by atoms with E-state index in [4.69, 9.17) is 0 Å². The predicted molar refractivity (Wildman–Crippen MR) is 122 cm³/mol. The summed E-state index contributed by atoms with van der Waals surface area (Å²) in [6.45, 7) is 7.28. The molecule has 0 saturated heterocycles. The predicted octanol–water partition coefficient (Wildman–Crippen LogP) is 7.33. The zero-order chi connectivity index (χ0) is 20.0. The fraction of sp³-hybridized carbons (Fsp3) is 0.696. The number of rotatable bonds is 15. The van der Waals surface area contributed by atoms with Crippen LogP contribution in [0.3, 0.4) is 0 Å². The minimum Gasteiger partial charge on any atom is -0.370 e. The summed E-state index contributed by atoms with van der Waals surface area (Å²) in [6.07, 6.45) is 16.5. The molecule has 28 heavy (non-hydrogen) atoms. The maximum Gasteiger partial charge on any atom is 0.181 e. The second kappa shape index (κ2) is 13.6. The summed E-state index contributed by atoms with van der Waals surface area (Å²) in [5, 5.41) is 6.54. The minimum atomic E-state index is 0.724. The van der Waals surface area contributed by atoms with Gasteiger partial charge in [-0.05, 0) is 20.3 Å². The highest BCUT2D eigenvalue weighted by Gasteiger charge is 2.08. The molecule has 0 fully saturated rings. The lowest BCUT2D eigenvalue weighted by Crippen LogP contribution is -2.05. The number of nitrogens with zero attached hydrogens (tertiary/aromatic N) is 3. The lowest BCUT2D eigenvalue weighted by molar-refractivity contribution is 0.546. The van der Waals surface area contributed by atoms with E-state index in [9.17, 15) is 0 Å². The summed E-state index contributed by atoms with van der Waals surface area (Å²) in [5.41, 5.74) is 1.85. The first-order valence-electron chi connectivity index (χ1n) is 11.2. The van der Waals surface area contributed by atoms with Crippen molar-refractivity contribution >= 4 is 17.2 Å². The molecule has 0 aliphatic rings. The van der Waals surface area contributed by atoms with Gasteiger partial charge in [0.15, 0.2) is 5.82 Å². The summed E-state index contributed by atoms with van der Waals surface area (Å²) in [5.74, 6) is 1.64. The van der Waals surface area contributed by atoms with E-state index >= 15 is 0 Å². The highest BCUT2D eigenvalue weighted by atomic mass is 32.1. The van der Waals surface area contributed by atoms with Crippen molar-refractivity contribution in [1.82, 2.24) is 15.0 Å². The third-order valence-corrected chi connectivity index (χ3v) is 5.81. The van der Waals surface area contributed by atoms with E-state index in [2.05, 4.69) is 27.2 Å². The molecule has 1 N–H and O–H groups in total. The number of hydrogen-bond donors (Lipinski definition) is 1. The van der Waals surface area contributed by atoms with Crippen LogP contribution in [0.5, 0.6) is 0 Å². The van der Waals surface area contributed by atoms with Crippen molar-refractivity contribution in [3.63, 3.8) is 0 Å². The zero-order valence-corrected chi connectivity index (χ0v) is 18.9. The monoisotopic (exact) mass is 402 g/mol. The maximum absolute atomic E-state index is 4.63. The molecule has 0 radical (unpaired) electrons. The maximum atomic E-state index is 4.63. The summed E-state index contributed by atoms with van der Waals surface area (Å²) >= 11 is 1.64. The molecule has 0 aromatic carbocycles. The number of aromatic nitrogens is 3. The topological polar surface area (TPSA) is 50.7 Å². The fourth-order valence-corrected chi connectivity index (χ4v) is 4.01. The van der Waals surface area contributed by atoms with Crippen molar-refractivity contribution < 1.29 is 0 Å². The first-order valence-corrected chi connectivity index (χ1v) is 12.1. The van der Waals surface area contributed by atoms with Gasteiger partial charge in [-0.1, -0.05) is 77.6 Å². The van der Waals surface area contributed by atoms with Crippen molar-refractivity contribution in [2.45, 2.75) is 97.8 Å². The molecule has 2 aromatic rings. The molecule has 4 nitrogen and oxygen atoms in total. The largest absolute Gasteiger partial charge is 0.370 e. The molecular formula is C23H38N4S. The summed E-state index contributed by atoms with van der Waals surface area (Å²) in [4.78, 5) is 13.7. The molecule has 0 spiro atoms. The Morgan fingerprint density at radius 2 is 1.39 bits per heavy atom. The highest BCUT2D eigenvalue weighted by molar-refractivity contribution is 7.09. The summed E-state index contributed by atoms with van der Waals surface area (Å²) in [7, 11) is 0. The van der Waals surface area contributed by atoms with Crippen LogP contribution in [0.4, 0.5) is 5.82 Å². The molecule has 0 atom stereocenters. The quantitative estimate of drug-likeness (QED) is 0.317. The van der Waals surface area contributed by atoms with Crippen LogP contribution < -0.4 is 5.32 Å².